The molecule has 0 bridgehead atoms. The predicted octanol–water partition coefficient (Wildman–Crippen LogP) is 0.680. The van der Waals surface area contributed by atoms with E-state index in [1.807, 2.05) is 0 Å². The van der Waals surface area contributed by atoms with Gasteiger partial charge in [0.05, 0.1) is 5.75 Å². The van der Waals surface area contributed by atoms with Crippen molar-refractivity contribution < 1.29 is 13.2 Å². The lowest BCUT2D eigenvalue weighted by Crippen LogP contribution is -2.29. The lowest BCUT2D eigenvalue weighted by molar-refractivity contribution is -0.129. The Morgan fingerprint density at radius 1 is 1.36 bits per heavy atom. The number of nitrogens with zero attached hydrogens (tertiary/aromatic N) is 1. The molecule has 0 spiro atoms. The highest BCUT2D eigenvalue weighted by Crippen LogP contribution is 1.97. The molecule has 84 valence electrons. The summed E-state index contributed by atoms with van der Waals surface area (Å²) in [6, 6.07) is 0. The van der Waals surface area contributed by atoms with Crippen molar-refractivity contribution in [3.05, 3.63) is 0 Å². The largest absolute Gasteiger partial charge is 0.346 e. The normalized spacial score (nSPS) is 11.4. The van der Waals surface area contributed by atoms with E-state index in [9.17, 15) is 13.2 Å². The molecule has 0 fully saturated rings. The molecule has 1 amide bonds. The van der Waals surface area contributed by atoms with Crippen LogP contribution in [0.1, 0.15) is 26.2 Å². The fourth-order valence-electron chi connectivity index (χ4n) is 0.984. The SMILES string of the molecule is CCCCN(C)C(=O)CCS(C)(=O)=O. The molecule has 0 N–H and O–H groups in total. The van der Waals surface area contributed by atoms with Gasteiger partial charge in [-0.25, -0.2) is 8.42 Å². The van der Waals surface area contributed by atoms with Gasteiger partial charge < -0.3 is 4.90 Å². The van der Waals surface area contributed by atoms with Crippen LogP contribution < -0.4 is 0 Å². The monoisotopic (exact) mass is 221 g/mol. The lowest BCUT2D eigenvalue weighted by atomic mass is 10.3. The van der Waals surface area contributed by atoms with E-state index in [4.69, 9.17) is 0 Å². The standard InChI is InChI=1S/C9H19NO3S/c1-4-5-7-10(2)9(11)6-8-14(3,12)13/h4-8H2,1-3H3. The molecule has 4 nitrogen and oxygen atoms in total. The average molecular weight is 221 g/mol. The van der Waals surface area contributed by atoms with Crippen LogP contribution >= 0.6 is 0 Å². The molecule has 0 saturated heterocycles. The first-order valence-corrected chi connectivity index (χ1v) is 6.84. The Bertz CT molecular complexity index is 272. The van der Waals surface area contributed by atoms with Crippen LogP contribution in [0.3, 0.4) is 0 Å². The second-order valence-corrected chi connectivity index (χ2v) is 5.81. The van der Waals surface area contributed by atoms with Crippen LogP contribution in [0.15, 0.2) is 0 Å². The zero-order valence-corrected chi connectivity index (χ0v) is 9.93. The van der Waals surface area contributed by atoms with Gasteiger partial charge in [0, 0.05) is 26.3 Å². The van der Waals surface area contributed by atoms with Crippen LogP contribution in [0, 0.1) is 0 Å². The maximum atomic E-state index is 11.4. The van der Waals surface area contributed by atoms with Gasteiger partial charge in [-0.1, -0.05) is 13.3 Å². The minimum Gasteiger partial charge on any atom is -0.346 e. The smallest absolute Gasteiger partial charge is 0.223 e. The van der Waals surface area contributed by atoms with Gasteiger partial charge in [-0.2, -0.15) is 0 Å². The summed E-state index contributed by atoms with van der Waals surface area (Å²) in [5.74, 6) is -0.147. The Balaban J connectivity index is 3.84. The number of sulfone groups is 1. The molecule has 0 aliphatic heterocycles. The maximum Gasteiger partial charge on any atom is 0.223 e. The molecule has 0 aliphatic carbocycles. The molecule has 0 atom stereocenters. The van der Waals surface area contributed by atoms with Gasteiger partial charge in [-0.15, -0.1) is 0 Å². The third kappa shape index (κ3) is 6.88. The van der Waals surface area contributed by atoms with Crippen LogP contribution in [0.25, 0.3) is 0 Å². The quantitative estimate of drug-likeness (QED) is 0.662. The highest BCUT2D eigenvalue weighted by molar-refractivity contribution is 7.90. The van der Waals surface area contributed by atoms with Crippen molar-refractivity contribution in [1.29, 1.82) is 0 Å². The summed E-state index contributed by atoms with van der Waals surface area (Å²) in [4.78, 5) is 12.9. The van der Waals surface area contributed by atoms with Crippen molar-refractivity contribution in [3.8, 4) is 0 Å². The zero-order valence-electron chi connectivity index (χ0n) is 9.12. The summed E-state index contributed by atoms with van der Waals surface area (Å²) in [6.07, 6.45) is 3.23. The second-order valence-electron chi connectivity index (χ2n) is 3.55. The van der Waals surface area contributed by atoms with Crippen LogP contribution in [0.5, 0.6) is 0 Å². The molecular weight excluding hydrogens is 202 g/mol. The molecule has 0 aromatic carbocycles. The van der Waals surface area contributed by atoms with E-state index in [1.165, 1.54) is 0 Å². The number of amides is 1. The highest BCUT2D eigenvalue weighted by Gasteiger charge is 2.11. The van der Waals surface area contributed by atoms with E-state index in [-0.39, 0.29) is 18.1 Å². The number of unbranched alkanes of at least 4 members (excludes halogenated alkanes) is 1. The third-order valence-electron chi connectivity index (χ3n) is 1.96. The number of carbonyl (C=O) groups is 1. The van der Waals surface area contributed by atoms with Crippen molar-refractivity contribution >= 4 is 15.7 Å². The first-order valence-electron chi connectivity index (χ1n) is 4.78. The van der Waals surface area contributed by atoms with Crippen LogP contribution in [-0.4, -0.2) is 44.8 Å². The summed E-state index contributed by atoms with van der Waals surface area (Å²) in [5.41, 5.74) is 0. The Hall–Kier alpha value is -0.580. The summed E-state index contributed by atoms with van der Waals surface area (Å²) >= 11 is 0. The lowest BCUT2D eigenvalue weighted by Gasteiger charge is -2.16. The molecular formula is C9H19NO3S. The molecule has 0 aliphatic rings. The molecule has 5 heteroatoms. The van der Waals surface area contributed by atoms with Crippen molar-refractivity contribution in [1.82, 2.24) is 4.90 Å². The molecule has 0 rings (SSSR count). The Kier molecular flexibility index (Phi) is 5.76. The Labute approximate surface area is 86.2 Å². The zero-order chi connectivity index (χ0) is 11.2. The molecule has 0 aromatic rings. The topological polar surface area (TPSA) is 54.5 Å². The highest BCUT2D eigenvalue weighted by atomic mass is 32.2. The Morgan fingerprint density at radius 2 is 1.93 bits per heavy atom. The summed E-state index contributed by atoms with van der Waals surface area (Å²) in [7, 11) is -1.31. The number of rotatable bonds is 6. The van der Waals surface area contributed by atoms with Crippen molar-refractivity contribution in [3.63, 3.8) is 0 Å². The van der Waals surface area contributed by atoms with E-state index in [0.29, 0.717) is 6.54 Å². The molecule has 0 saturated carbocycles. The first kappa shape index (κ1) is 13.4. The van der Waals surface area contributed by atoms with Crippen LogP contribution in [0.4, 0.5) is 0 Å². The van der Waals surface area contributed by atoms with Gasteiger partial charge in [0.2, 0.25) is 5.91 Å². The van der Waals surface area contributed by atoms with E-state index < -0.39 is 9.84 Å². The number of carbonyl (C=O) groups excluding carboxylic acids is 1. The summed E-state index contributed by atoms with van der Waals surface area (Å²) in [5, 5.41) is 0. The first-order chi connectivity index (χ1) is 6.37. The molecule has 0 heterocycles. The van der Waals surface area contributed by atoms with Crippen molar-refractivity contribution in [2.24, 2.45) is 0 Å². The predicted molar refractivity (Wildman–Crippen MR) is 56.9 cm³/mol. The van der Waals surface area contributed by atoms with Gasteiger partial charge >= 0.3 is 0 Å². The summed E-state index contributed by atoms with van der Waals surface area (Å²) < 4.78 is 21.6. The minimum atomic E-state index is -3.02. The summed E-state index contributed by atoms with van der Waals surface area (Å²) in [6.45, 7) is 2.76. The Morgan fingerprint density at radius 3 is 2.36 bits per heavy atom. The molecule has 0 aromatic heterocycles. The van der Waals surface area contributed by atoms with Gasteiger partial charge in [-0.05, 0) is 6.42 Å². The average Bonchev–Trinajstić information content (AvgIpc) is 2.09. The fraction of sp³-hybridized carbons (Fsp3) is 0.889. The van der Waals surface area contributed by atoms with E-state index in [2.05, 4.69) is 6.92 Å². The maximum absolute atomic E-state index is 11.4. The van der Waals surface area contributed by atoms with Crippen LogP contribution in [0.2, 0.25) is 0 Å². The van der Waals surface area contributed by atoms with Gasteiger partial charge in [0.15, 0.2) is 0 Å². The molecule has 14 heavy (non-hydrogen) atoms. The molecule has 0 unspecified atom stereocenters. The van der Waals surface area contributed by atoms with Gasteiger partial charge in [0.1, 0.15) is 9.84 Å². The van der Waals surface area contributed by atoms with E-state index in [1.54, 1.807) is 11.9 Å². The van der Waals surface area contributed by atoms with E-state index in [0.717, 1.165) is 19.1 Å². The van der Waals surface area contributed by atoms with Gasteiger partial charge in [-0.3, -0.25) is 4.79 Å². The number of hydrogen-bond acceptors (Lipinski definition) is 3. The van der Waals surface area contributed by atoms with Gasteiger partial charge in [0.25, 0.3) is 0 Å². The van der Waals surface area contributed by atoms with Crippen LogP contribution in [-0.2, 0) is 14.6 Å². The van der Waals surface area contributed by atoms with E-state index >= 15 is 0 Å². The number of hydrogen-bond donors (Lipinski definition) is 0. The molecule has 0 radical (unpaired) electrons. The van der Waals surface area contributed by atoms with Crippen molar-refractivity contribution in [2.45, 2.75) is 26.2 Å². The fourth-order valence-corrected chi connectivity index (χ4v) is 1.53. The third-order valence-corrected chi connectivity index (χ3v) is 2.91. The minimum absolute atomic E-state index is 0.0533. The van der Waals surface area contributed by atoms with Crippen molar-refractivity contribution in [2.75, 3.05) is 25.6 Å². The second kappa shape index (κ2) is 6.01.